The third-order valence-corrected chi connectivity index (χ3v) is 3.40. The van der Waals surface area contributed by atoms with Crippen LogP contribution in [0.25, 0.3) is 0 Å². The second-order valence-corrected chi connectivity index (χ2v) is 4.88. The Hall–Kier alpha value is -1.81. The fourth-order valence-corrected chi connectivity index (χ4v) is 2.14. The molecule has 1 heterocycles. The Labute approximate surface area is 120 Å². The number of benzene rings is 1. The van der Waals surface area contributed by atoms with Crippen LogP contribution in [0.5, 0.6) is 5.75 Å². The van der Waals surface area contributed by atoms with Crippen molar-refractivity contribution in [1.29, 1.82) is 0 Å². The standard InChI is InChI=1S/C16H23N3O/c1-4-17-11-15-12-19(18-13(15)2)10-9-14-5-7-16(20-3)8-6-14/h5-8,12,17H,4,9-11H2,1-3H3. The van der Waals surface area contributed by atoms with E-state index in [1.165, 1.54) is 11.1 Å². The second-order valence-electron chi connectivity index (χ2n) is 4.88. The van der Waals surface area contributed by atoms with E-state index >= 15 is 0 Å². The van der Waals surface area contributed by atoms with E-state index in [9.17, 15) is 0 Å². The third kappa shape index (κ3) is 3.84. The van der Waals surface area contributed by atoms with Crippen molar-refractivity contribution in [1.82, 2.24) is 15.1 Å². The summed E-state index contributed by atoms with van der Waals surface area (Å²) in [4.78, 5) is 0. The molecule has 4 heteroatoms. The molecule has 0 saturated heterocycles. The first-order valence-electron chi connectivity index (χ1n) is 7.09. The Kier molecular flexibility index (Phi) is 5.18. The van der Waals surface area contributed by atoms with Crippen molar-refractivity contribution in [2.45, 2.75) is 33.4 Å². The lowest BCUT2D eigenvalue weighted by atomic mass is 10.1. The minimum absolute atomic E-state index is 0.894. The number of nitrogens with one attached hydrogen (secondary N) is 1. The Morgan fingerprint density at radius 1 is 1.25 bits per heavy atom. The van der Waals surface area contributed by atoms with Gasteiger partial charge in [0.2, 0.25) is 0 Å². The molecule has 2 rings (SSSR count). The lowest BCUT2D eigenvalue weighted by Crippen LogP contribution is -2.11. The maximum absolute atomic E-state index is 5.16. The number of rotatable bonds is 7. The molecule has 0 unspecified atom stereocenters. The van der Waals surface area contributed by atoms with Crippen LogP contribution in [-0.4, -0.2) is 23.4 Å². The number of ether oxygens (including phenoxy) is 1. The molecule has 108 valence electrons. The molecule has 2 aromatic rings. The van der Waals surface area contributed by atoms with Gasteiger partial charge in [0.1, 0.15) is 5.75 Å². The van der Waals surface area contributed by atoms with Gasteiger partial charge >= 0.3 is 0 Å². The molecule has 0 saturated carbocycles. The fourth-order valence-electron chi connectivity index (χ4n) is 2.14. The van der Waals surface area contributed by atoms with Gasteiger partial charge in [-0.15, -0.1) is 0 Å². The van der Waals surface area contributed by atoms with E-state index in [0.29, 0.717) is 0 Å². The van der Waals surface area contributed by atoms with Crippen LogP contribution >= 0.6 is 0 Å². The predicted molar refractivity (Wildman–Crippen MR) is 81.0 cm³/mol. The highest BCUT2D eigenvalue weighted by atomic mass is 16.5. The van der Waals surface area contributed by atoms with Gasteiger partial charge in [0.05, 0.1) is 12.8 Å². The molecule has 0 fully saturated rings. The number of nitrogens with zero attached hydrogens (tertiary/aromatic N) is 2. The van der Waals surface area contributed by atoms with Crippen LogP contribution in [-0.2, 0) is 19.5 Å². The summed E-state index contributed by atoms with van der Waals surface area (Å²) in [6.07, 6.45) is 3.12. The summed E-state index contributed by atoms with van der Waals surface area (Å²) in [5.74, 6) is 0.900. The molecule has 0 aliphatic rings. The lowest BCUT2D eigenvalue weighted by molar-refractivity contribution is 0.414. The zero-order valence-corrected chi connectivity index (χ0v) is 12.5. The van der Waals surface area contributed by atoms with Gasteiger partial charge in [-0.1, -0.05) is 19.1 Å². The van der Waals surface area contributed by atoms with Crippen LogP contribution in [0.1, 0.15) is 23.7 Å². The molecule has 0 spiro atoms. The molecule has 1 aromatic carbocycles. The Balaban J connectivity index is 1.92. The number of aromatic nitrogens is 2. The van der Waals surface area contributed by atoms with Crippen LogP contribution in [0.3, 0.4) is 0 Å². The molecule has 0 atom stereocenters. The topological polar surface area (TPSA) is 39.1 Å². The number of hydrogen-bond donors (Lipinski definition) is 1. The molecule has 20 heavy (non-hydrogen) atoms. The highest BCUT2D eigenvalue weighted by molar-refractivity contribution is 5.27. The second kappa shape index (κ2) is 7.10. The van der Waals surface area contributed by atoms with Gasteiger partial charge in [0, 0.05) is 24.8 Å². The average Bonchev–Trinajstić information content (AvgIpc) is 2.84. The Morgan fingerprint density at radius 3 is 2.65 bits per heavy atom. The van der Waals surface area contributed by atoms with E-state index in [1.807, 2.05) is 16.8 Å². The van der Waals surface area contributed by atoms with E-state index < -0.39 is 0 Å². The lowest BCUT2D eigenvalue weighted by Gasteiger charge is -2.04. The zero-order valence-electron chi connectivity index (χ0n) is 12.5. The molecule has 4 nitrogen and oxygen atoms in total. The zero-order chi connectivity index (χ0) is 14.4. The van der Waals surface area contributed by atoms with Gasteiger partial charge in [-0.25, -0.2) is 0 Å². The molecule has 0 amide bonds. The van der Waals surface area contributed by atoms with Crippen molar-refractivity contribution in [2.24, 2.45) is 0 Å². The molecule has 0 bridgehead atoms. The van der Waals surface area contributed by atoms with E-state index in [0.717, 1.165) is 37.5 Å². The first kappa shape index (κ1) is 14.6. The molecular formula is C16H23N3O. The number of aryl methyl sites for hydroxylation is 3. The third-order valence-electron chi connectivity index (χ3n) is 3.40. The van der Waals surface area contributed by atoms with Gasteiger partial charge in [-0.3, -0.25) is 4.68 Å². The largest absolute Gasteiger partial charge is 0.497 e. The molecular weight excluding hydrogens is 250 g/mol. The average molecular weight is 273 g/mol. The van der Waals surface area contributed by atoms with E-state index in [1.54, 1.807) is 7.11 Å². The Morgan fingerprint density at radius 2 is 2.00 bits per heavy atom. The first-order valence-corrected chi connectivity index (χ1v) is 7.09. The van der Waals surface area contributed by atoms with Crippen molar-refractivity contribution in [3.63, 3.8) is 0 Å². The summed E-state index contributed by atoms with van der Waals surface area (Å²) in [5, 5.41) is 7.90. The van der Waals surface area contributed by atoms with E-state index in [2.05, 4.69) is 42.6 Å². The van der Waals surface area contributed by atoms with Gasteiger partial charge in [0.15, 0.2) is 0 Å². The quantitative estimate of drug-likeness (QED) is 0.842. The van der Waals surface area contributed by atoms with Crippen LogP contribution in [0.15, 0.2) is 30.5 Å². The molecule has 0 radical (unpaired) electrons. The maximum Gasteiger partial charge on any atom is 0.118 e. The van der Waals surface area contributed by atoms with Crippen molar-refractivity contribution < 1.29 is 4.74 Å². The molecule has 1 aromatic heterocycles. The van der Waals surface area contributed by atoms with E-state index in [4.69, 9.17) is 4.74 Å². The molecule has 0 aliphatic carbocycles. The fraction of sp³-hybridized carbons (Fsp3) is 0.438. The highest BCUT2D eigenvalue weighted by Crippen LogP contribution is 2.12. The van der Waals surface area contributed by atoms with E-state index in [-0.39, 0.29) is 0 Å². The van der Waals surface area contributed by atoms with Crippen LogP contribution in [0.4, 0.5) is 0 Å². The summed E-state index contributed by atoms with van der Waals surface area (Å²) in [6, 6.07) is 8.21. The minimum Gasteiger partial charge on any atom is -0.497 e. The maximum atomic E-state index is 5.16. The van der Waals surface area contributed by atoms with Crippen molar-refractivity contribution in [2.75, 3.05) is 13.7 Å². The number of methoxy groups -OCH3 is 1. The van der Waals surface area contributed by atoms with Crippen molar-refractivity contribution >= 4 is 0 Å². The first-order chi connectivity index (χ1) is 9.72. The summed E-state index contributed by atoms with van der Waals surface area (Å²) in [6.45, 7) is 6.96. The Bertz CT molecular complexity index is 531. The summed E-state index contributed by atoms with van der Waals surface area (Å²) < 4.78 is 7.20. The van der Waals surface area contributed by atoms with Crippen molar-refractivity contribution in [3.05, 3.63) is 47.3 Å². The van der Waals surface area contributed by atoms with Gasteiger partial charge < -0.3 is 10.1 Å². The van der Waals surface area contributed by atoms with Crippen molar-refractivity contribution in [3.8, 4) is 5.75 Å². The molecule has 1 N–H and O–H groups in total. The van der Waals surface area contributed by atoms with Gasteiger partial charge in [-0.05, 0) is 37.6 Å². The summed E-state index contributed by atoms with van der Waals surface area (Å²) in [5.41, 5.74) is 3.69. The highest BCUT2D eigenvalue weighted by Gasteiger charge is 2.04. The normalized spacial score (nSPS) is 10.8. The number of hydrogen-bond acceptors (Lipinski definition) is 3. The summed E-state index contributed by atoms with van der Waals surface area (Å²) in [7, 11) is 1.69. The minimum atomic E-state index is 0.894. The van der Waals surface area contributed by atoms with Gasteiger partial charge in [-0.2, -0.15) is 5.10 Å². The SMILES string of the molecule is CCNCc1cn(CCc2ccc(OC)cc2)nc1C. The monoisotopic (exact) mass is 273 g/mol. The predicted octanol–water partition coefficient (Wildman–Crippen LogP) is 2.55. The smallest absolute Gasteiger partial charge is 0.118 e. The van der Waals surface area contributed by atoms with Crippen LogP contribution < -0.4 is 10.1 Å². The summed E-state index contributed by atoms with van der Waals surface area (Å²) >= 11 is 0. The molecule has 0 aliphatic heterocycles. The van der Waals surface area contributed by atoms with Crippen LogP contribution in [0, 0.1) is 6.92 Å². The van der Waals surface area contributed by atoms with Crippen LogP contribution in [0.2, 0.25) is 0 Å². The van der Waals surface area contributed by atoms with Gasteiger partial charge in [0.25, 0.3) is 0 Å².